The standard InChI is InChI=1S/C21H23FN4OS/c1-14(22)12-26-6-4-15(5-7-26)21(27)25-20-9-18-8-16(19-11-23-13-28-19)2-3-17(18)10-24-20/h2-3,8-11,13-15H,4-7,12H2,1H3,(H,24,25,27)/t14-/m0/s1. The number of carbonyl (C=O) groups is 1. The molecule has 146 valence electrons. The molecule has 0 aliphatic carbocycles. The Kier molecular flexibility index (Phi) is 5.64. The topological polar surface area (TPSA) is 58.1 Å². The molecule has 5 nitrogen and oxygen atoms in total. The summed E-state index contributed by atoms with van der Waals surface area (Å²) in [6, 6.07) is 8.10. The van der Waals surface area contributed by atoms with E-state index in [1.54, 1.807) is 24.5 Å². The smallest absolute Gasteiger partial charge is 0.228 e. The SMILES string of the molecule is C[C@H](F)CN1CCC(C(=O)Nc2cc3cc(-c4cncs4)ccc3cn2)CC1. The van der Waals surface area contributed by atoms with Gasteiger partial charge in [0.05, 0.1) is 10.4 Å². The van der Waals surface area contributed by atoms with E-state index in [0.717, 1.165) is 47.1 Å². The molecule has 1 fully saturated rings. The van der Waals surface area contributed by atoms with E-state index < -0.39 is 6.17 Å². The van der Waals surface area contributed by atoms with E-state index in [2.05, 4.69) is 32.3 Å². The lowest BCUT2D eigenvalue weighted by Crippen LogP contribution is -2.40. The number of nitrogens with zero attached hydrogens (tertiary/aromatic N) is 3. The molecule has 0 bridgehead atoms. The number of benzene rings is 1. The lowest BCUT2D eigenvalue weighted by atomic mass is 9.95. The number of carbonyl (C=O) groups excluding carboxylic acids is 1. The fraction of sp³-hybridized carbons (Fsp3) is 0.381. The van der Waals surface area contributed by atoms with Crippen molar-refractivity contribution in [2.24, 2.45) is 5.92 Å². The zero-order chi connectivity index (χ0) is 19.5. The number of aromatic nitrogens is 2. The van der Waals surface area contributed by atoms with Crippen LogP contribution in [0.15, 0.2) is 42.2 Å². The van der Waals surface area contributed by atoms with Crippen molar-refractivity contribution in [3.05, 3.63) is 42.2 Å². The van der Waals surface area contributed by atoms with Gasteiger partial charge in [0.1, 0.15) is 12.0 Å². The summed E-state index contributed by atoms with van der Waals surface area (Å²) in [4.78, 5) is 24.4. The maximum Gasteiger partial charge on any atom is 0.228 e. The molecule has 3 aromatic rings. The van der Waals surface area contributed by atoms with Crippen LogP contribution >= 0.6 is 11.3 Å². The third kappa shape index (κ3) is 4.36. The van der Waals surface area contributed by atoms with Gasteiger partial charge in [-0.15, -0.1) is 11.3 Å². The molecular weight excluding hydrogens is 375 g/mol. The molecule has 4 rings (SSSR count). The van der Waals surface area contributed by atoms with Crippen LogP contribution in [-0.2, 0) is 4.79 Å². The van der Waals surface area contributed by atoms with Crippen molar-refractivity contribution in [3.63, 3.8) is 0 Å². The maximum absolute atomic E-state index is 13.1. The number of fused-ring (bicyclic) bond motifs is 1. The zero-order valence-electron chi connectivity index (χ0n) is 15.8. The van der Waals surface area contributed by atoms with E-state index >= 15 is 0 Å². The van der Waals surface area contributed by atoms with Crippen LogP contribution in [0.3, 0.4) is 0 Å². The van der Waals surface area contributed by atoms with Crippen LogP contribution < -0.4 is 5.32 Å². The number of pyridine rings is 1. The van der Waals surface area contributed by atoms with Crippen molar-refractivity contribution < 1.29 is 9.18 Å². The van der Waals surface area contributed by atoms with E-state index in [4.69, 9.17) is 0 Å². The number of hydrogen-bond donors (Lipinski definition) is 1. The van der Waals surface area contributed by atoms with E-state index in [1.165, 1.54) is 0 Å². The van der Waals surface area contributed by atoms with Gasteiger partial charge in [-0.25, -0.2) is 9.37 Å². The number of halogens is 1. The number of anilines is 1. The molecule has 2 aromatic heterocycles. The average molecular weight is 399 g/mol. The predicted molar refractivity (Wildman–Crippen MR) is 111 cm³/mol. The monoisotopic (exact) mass is 398 g/mol. The Bertz CT molecular complexity index is 952. The van der Waals surface area contributed by atoms with E-state index in [0.29, 0.717) is 12.4 Å². The quantitative estimate of drug-likeness (QED) is 0.693. The zero-order valence-corrected chi connectivity index (χ0v) is 16.6. The molecule has 0 saturated carbocycles. The van der Waals surface area contributed by atoms with Crippen LogP contribution in [0, 0.1) is 5.92 Å². The molecule has 1 aromatic carbocycles. The summed E-state index contributed by atoms with van der Waals surface area (Å²) in [7, 11) is 0. The largest absolute Gasteiger partial charge is 0.310 e. The Morgan fingerprint density at radius 2 is 2.11 bits per heavy atom. The van der Waals surface area contributed by atoms with Crippen LogP contribution in [0.1, 0.15) is 19.8 Å². The molecule has 0 radical (unpaired) electrons. The predicted octanol–water partition coefficient (Wildman–Crippen LogP) is 4.37. The van der Waals surface area contributed by atoms with E-state index in [-0.39, 0.29) is 11.8 Å². The summed E-state index contributed by atoms with van der Waals surface area (Å²) in [5, 5.41) is 5.02. The molecular formula is C21H23FN4OS. The minimum absolute atomic E-state index is 0.00147. The van der Waals surface area contributed by atoms with E-state index in [9.17, 15) is 9.18 Å². The van der Waals surface area contributed by atoms with Gasteiger partial charge in [0.25, 0.3) is 0 Å². The Labute approximate surface area is 167 Å². The summed E-state index contributed by atoms with van der Waals surface area (Å²) >= 11 is 1.60. The Hall–Kier alpha value is -2.38. The van der Waals surface area contributed by atoms with Gasteiger partial charge in [0, 0.05) is 30.2 Å². The molecule has 7 heteroatoms. The first kappa shape index (κ1) is 19.0. The molecule has 1 saturated heterocycles. The van der Waals surface area contributed by atoms with Gasteiger partial charge < -0.3 is 10.2 Å². The number of piperidine rings is 1. The summed E-state index contributed by atoms with van der Waals surface area (Å²) in [5.41, 5.74) is 2.92. The summed E-state index contributed by atoms with van der Waals surface area (Å²) in [6.07, 6.45) is 4.31. The van der Waals surface area contributed by atoms with Crippen molar-refractivity contribution >= 4 is 33.8 Å². The lowest BCUT2D eigenvalue weighted by Gasteiger charge is -2.31. The van der Waals surface area contributed by atoms with Crippen LogP contribution in [0.25, 0.3) is 21.2 Å². The number of likely N-dealkylation sites (tertiary alicyclic amines) is 1. The number of alkyl halides is 1. The fourth-order valence-electron chi connectivity index (χ4n) is 3.68. The number of hydrogen-bond acceptors (Lipinski definition) is 5. The molecule has 1 aliphatic rings. The van der Waals surface area contributed by atoms with Gasteiger partial charge in [0.2, 0.25) is 5.91 Å². The summed E-state index contributed by atoms with van der Waals surface area (Å²) in [5.74, 6) is 0.518. The third-order valence-corrected chi connectivity index (χ3v) is 5.98. The maximum atomic E-state index is 13.1. The minimum Gasteiger partial charge on any atom is -0.310 e. The highest BCUT2D eigenvalue weighted by Gasteiger charge is 2.25. The first-order valence-corrected chi connectivity index (χ1v) is 10.4. The summed E-state index contributed by atoms with van der Waals surface area (Å²) in [6.45, 7) is 3.54. The number of rotatable bonds is 5. The average Bonchev–Trinajstić information content (AvgIpc) is 3.22. The molecule has 1 atom stereocenters. The normalized spacial score (nSPS) is 16.9. The van der Waals surface area contributed by atoms with Crippen molar-refractivity contribution in [1.29, 1.82) is 0 Å². The summed E-state index contributed by atoms with van der Waals surface area (Å²) < 4.78 is 13.1. The highest BCUT2D eigenvalue weighted by molar-refractivity contribution is 7.13. The van der Waals surface area contributed by atoms with Crippen LogP contribution in [-0.4, -0.2) is 46.6 Å². The van der Waals surface area contributed by atoms with Gasteiger partial charge in [-0.3, -0.25) is 9.78 Å². The second-order valence-corrected chi connectivity index (χ2v) is 8.23. The van der Waals surface area contributed by atoms with Crippen LogP contribution in [0.5, 0.6) is 0 Å². The Balaban J connectivity index is 1.43. The molecule has 1 amide bonds. The highest BCUT2D eigenvalue weighted by Crippen LogP contribution is 2.28. The van der Waals surface area contributed by atoms with Gasteiger partial charge in [-0.1, -0.05) is 12.1 Å². The van der Waals surface area contributed by atoms with Gasteiger partial charge in [0.15, 0.2) is 0 Å². The molecule has 3 heterocycles. The van der Waals surface area contributed by atoms with Gasteiger partial charge >= 0.3 is 0 Å². The third-order valence-electron chi connectivity index (χ3n) is 5.16. The number of nitrogens with one attached hydrogen (secondary N) is 1. The van der Waals surface area contributed by atoms with Crippen molar-refractivity contribution in [2.45, 2.75) is 25.9 Å². The lowest BCUT2D eigenvalue weighted by molar-refractivity contribution is -0.121. The first-order valence-electron chi connectivity index (χ1n) is 9.54. The number of thiazole rings is 1. The first-order chi connectivity index (χ1) is 13.6. The molecule has 28 heavy (non-hydrogen) atoms. The Morgan fingerprint density at radius 3 is 2.82 bits per heavy atom. The second-order valence-electron chi connectivity index (χ2n) is 7.34. The highest BCUT2D eigenvalue weighted by atomic mass is 32.1. The number of amides is 1. The van der Waals surface area contributed by atoms with E-state index in [1.807, 2.05) is 23.8 Å². The molecule has 0 unspecified atom stereocenters. The molecule has 1 aliphatic heterocycles. The second kappa shape index (κ2) is 8.32. The Morgan fingerprint density at radius 1 is 1.29 bits per heavy atom. The van der Waals surface area contributed by atoms with Crippen molar-refractivity contribution in [1.82, 2.24) is 14.9 Å². The van der Waals surface area contributed by atoms with Crippen LogP contribution in [0.2, 0.25) is 0 Å². The van der Waals surface area contributed by atoms with Crippen molar-refractivity contribution in [2.75, 3.05) is 25.0 Å². The van der Waals surface area contributed by atoms with Crippen LogP contribution in [0.4, 0.5) is 10.2 Å². The molecule has 1 N–H and O–H groups in total. The van der Waals surface area contributed by atoms with Gasteiger partial charge in [-0.2, -0.15) is 0 Å². The minimum atomic E-state index is -0.831. The molecule has 0 spiro atoms. The fourth-order valence-corrected chi connectivity index (χ4v) is 4.30. The van der Waals surface area contributed by atoms with Gasteiger partial charge in [-0.05, 0) is 55.9 Å². The van der Waals surface area contributed by atoms with Crippen molar-refractivity contribution in [3.8, 4) is 10.4 Å².